The second-order valence-electron chi connectivity index (χ2n) is 7.65. The van der Waals surface area contributed by atoms with E-state index in [4.69, 9.17) is 4.74 Å². The van der Waals surface area contributed by atoms with Crippen LogP contribution in [0.2, 0.25) is 0 Å². The van der Waals surface area contributed by atoms with Crippen molar-refractivity contribution in [2.45, 2.75) is 37.2 Å². The van der Waals surface area contributed by atoms with Crippen LogP contribution in [0.1, 0.15) is 35.7 Å². The molecular formula is C23H27N3O6S. The Hall–Kier alpha value is -3.40. The number of rotatable bonds is 9. The summed E-state index contributed by atoms with van der Waals surface area (Å²) in [6, 6.07) is 12.5. The largest absolute Gasteiger partial charge is 0.497 e. The van der Waals surface area contributed by atoms with Crippen LogP contribution in [0.15, 0.2) is 53.4 Å². The van der Waals surface area contributed by atoms with Gasteiger partial charge in [-0.3, -0.25) is 14.4 Å². The first-order valence-corrected chi connectivity index (χ1v) is 11.9. The molecule has 1 unspecified atom stereocenters. The summed E-state index contributed by atoms with van der Waals surface area (Å²) in [5, 5.41) is 2.55. The molecule has 1 N–H and O–H groups in total. The highest BCUT2D eigenvalue weighted by molar-refractivity contribution is 7.90. The fraction of sp³-hybridized carbons (Fsp3) is 0.348. The van der Waals surface area contributed by atoms with E-state index in [1.165, 1.54) is 24.1 Å². The van der Waals surface area contributed by atoms with E-state index in [1.807, 2.05) is 6.07 Å². The van der Waals surface area contributed by atoms with E-state index in [0.29, 0.717) is 5.75 Å². The van der Waals surface area contributed by atoms with E-state index in [1.54, 1.807) is 44.4 Å². The predicted molar refractivity (Wildman–Crippen MR) is 121 cm³/mol. The average Bonchev–Trinajstić information content (AvgIpc) is 3.02. The van der Waals surface area contributed by atoms with Gasteiger partial charge in [-0.2, -0.15) is 0 Å². The first kappa shape index (κ1) is 24.2. The monoisotopic (exact) mass is 473 g/mol. The van der Waals surface area contributed by atoms with Crippen LogP contribution in [0, 0.1) is 0 Å². The van der Waals surface area contributed by atoms with E-state index >= 15 is 0 Å². The van der Waals surface area contributed by atoms with Crippen LogP contribution in [0.5, 0.6) is 5.75 Å². The van der Waals surface area contributed by atoms with E-state index in [2.05, 4.69) is 5.32 Å². The van der Waals surface area contributed by atoms with Crippen molar-refractivity contribution >= 4 is 27.7 Å². The lowest BCUT2D eigenvalue weighted by molar-refractivity contribution is -0.140. The predicted octanol–water partition coefficient (Wildman–Crippen LogP) is 1.78. The number of ether oxygens (including phenoxy) is 1. The van der Waals surface area contributed by atoms with Gasteiger partial charge in [0.05, 0.1) is 12.7 Å². The Kier molecular flexibility index (Phi) is 7.37. The average molecular weight is 474 g/mol. The second-order valence-corrected chi connectivity index (χ2v) is 9.48. The summed E-state index contributed by atoms with van der Waals surface area (Å²) in [5.74, 6) is -0.607. The fourth-order valence-corrected chi connectivity index (χ4v) is 5.34. The van der Waals surface area contributed by atoms with E-state index < -0.39 is 22.0 Å². The molecule has 0 aliphatic carbocycles. The molecule has 0 fully saturated rings. The maximum Gasteiger partial charge on any atom is 0.269 e. The standard InChI is InChI=1S/C23H27N3O6S/c1-16(22(28)24-2)25(15-17-8-6-9-18(14-17)32-3)21(27)12-7-13-26-23(29)19-10-4-5-11-20(19)33(26,30)31/h4-6,8-11,14,16H,7,12-13,15H2,1-3H3,(H,24,28). The zero-order valence-electron chi connectivity index (χ0n) is 18.8. The Labute approximate surface area is 193 Å². The molecule has 1 atom stereocenters. The van der Waals surface area contributed by atoms with Gasteiger partial charge >= 0.3 is 0 Å². The zero-order chi connectivity index (χ0) is 24.2. The van der Waals surface area contributed by atoms with Gasteiger partial charge in [-0.1, -0.05) is 24.3 Å². The van der Waals surface area contributed by atoms with Gasteiger partial charge < -0.3 is 15.0 Å². The molecule has 0 radical (unpaired) electrons. The zero-order valence-corrected chi connectivity index (χ0v) is 19.6. The van der Waals surface area contributed by atoms with Crippen LogP contribution in [0.3, 0.4) is 0 Å². The van der Waals surface area contributed by atoms with Crippen LogP contribution in [0.25, 0.3) is 0 Å². The summed E-state index contributed by atoms with van der Waals surface area (Å²) in [6.45, 7) is 1.68. The topological polar surface area (TPSA) is 113 Å². The van der Waals surface area contributed by atoms with Gasteiger partial charge in [0.15, 0.2) is 0 Å². The molecule has 0 spiro atoms. The molecule has 1 heterocycles. The normalized spacial score (nSPS) is 15.0. The molecule has 0 saturated carbocycles. The van der Waals surface area contributed by atoms with Gasteiger partial charge in [0.1, 0.15) is 16.7 Å². The van der Waals surface area contributed by atoms with Crippen molar-refractivity contribution in [2.75, 3.05) is 20.7 Å². The van der Waals surface area contributed by atoms with Crippen LogP contribution in [0.4, 0.5) is 0 Å². The van der Waals surface area contributed by atoms with Crippen molar-refractivity contribution in [1.82, 2.24) is 14.5 Å². The van der Waals surface area contributed by atoms with Gasteiger partial charge in [-0.05, 0) is 43.2 Å². The number of nitrogens with zero attached hydrogens (tertiary/aromatic N) is 2. The summed E-state index contributed by atoms with van der Waals surface area (Å²) in [7, 11) is -0.885. The molecular weight excluding hydrogens is 446 g/mol. The summed E-state index contributed by atoms with van der Waals surface area (Å²) in [4.78, 5) is 39.3. The molecule has 0 saturated heterocycles. The number of carbonyl (C=O) groups excluding carboxylic acids is 3. The highest BCUT2D eigenvalue weighted by Gasteiger charge is 2.40. The van der Waals surface area contributed by atoms with Gasteiger partial charge in [0, 0.05) is 26.6 Å². The number of likely N-dealkylation sites (N-methyl/N-ethyl adjacent to an activating group) is 1. The number of methoxy groups -OCH3 is 1. The molecule has 0 bridgehead atoms. The summed E-state index contributed by atoms with van der Waals surface area (Å²) in [5.41, 5.74) is 0.919. The van der Waals surface area contributed by atoms with E-state index in [9.17, 15) is 22.8 Å². The van der Waals surface area contributed by atoms with Gasteiger partial charge in [-0.15, -0.1) is 0 Å². The first-order chi connectivity index (χ1) is 15.7. The van der Waals surface area contributed by atoms with Gasteiger partial charge in [0.25, 0.3) is 15.9 Å². The molecule has 176 valence electrons. The molecule has 0 aromatic heterocycles. The summed E-state index contributed by atoms with van der Waals surface area (Å²) in [6.07, 6.45) is 0.105. The maximum absolute atomic E-state index is 13.1. The summed E-state index contributed by atoms with van der Waals surface area (Å²) >= 11 is 0. The number of nitrogens with one attached hydrogen (secondary N) is 1. The quantitative estimate of drug-likeness (QED) is 0.594. The Morgan fingerprint density at radius 2 is 1.88 bits per heavy atom. The van der Waals surface area contributed by atoms with Crippen LogP contribution >= 0.6 is 0 Å². The van der Waals surface area contributed by atoms with Gasteiger partial charge in [0.2, 0.25) is 11.8 Å². The van der Waals surface area contributed by atoms with Crippen LogP contribution in [-0.4, -0.2) is 62.1 Å². The third-order valence-electron chi connectivity index (χ3n) is 5.56. The third kappa shape index (κ3) is 5.00. The first-order valence-electron chi connectivity index (χ1n) is 10.5. The minimum atomic E-state index is -3.92. The minimum Gasteiger partial charge on any atom is -0.497 e. The lowest BCUT2D eigenvalue weighted by Gasteiger charge is -2.28. The van der Waals surface area contributed by atoms with E-state index in [-0.39, 0.29) is 48.2 Å². The van der Waals surface area contributed by atoms with Crippen LogP contribution < -0.4 is 10.1 Å². The molecule has 2 aromatic rings. The Morgan fingerprint density at radius 3 is 2.55 bits per heavy atom. The number of sulfonamides is 1. The summed E-state index contributed by atoms with van der Waals surface area (Å²) < 4.78 is 31.4. The molecule has 10 heteroatoms. The molecule has 9 nitrogen and oxygen atoms in total. The molecule has 3 amide bonds. The van der Waals surface area contributed by atoms with E-state index in [0.717, 1.165) is 9.87 Å². The number of benzene rings is 2. The number of hydrogen-bond donors (Lipinski definition) is 1. The van der Waals surface area contributed by atoms with Gasteiger partial charge in [-0.25, -0.2) is 12.7 Å². The lowest BCUT2D eigenvalue weighted by atomic mass is 10.1. The maximum atomic E-state index is 13.1. The number of fused-ring (bicyclic) bond motifs is 1. The number of hydrogen-bond acceptors (Lipinski definition) is 6. The fourth-order valence-electron chi connectivity index (χ4n) is 3.73. The lowest BCUT2D eigenvalue weighted by Crippen LogP contribution is -2.46. The second kappa shape index (κ2) is 10.0. The molecule has 1 aliphatic heterocycles. The molecule has 33 heavy (non-hydrogen) atoms. The smallest absolute Gasteiger partial charge is 0.269 e. The van der Waals surface area contributed by atoms with Crippen molar-refractivity contribution in [3.05, 3.63) is 59.7 Å². The Balaban J connectivity index is 1.71. The minimum absolute atomic E-state index is 0.0192. The van der Waals surface area contributed by atoms with Crippen molar-refractivity contribution in [3.63, 3.8) is 0 Å². The van der Waals surface area contributed by atoms with Crippen molar-refractivity contribution < 1.29 is 27.5 Å². The van der Waals surface area contributed by atoms with Crippen molar-refractivity contribution in [1.29, 1.82) is 0 Å². The number of amides is 3. The SMILES string of the molecule is CNC(=O)C(C)N(Cc1cccc(OC)c1)C(=O)CCCN1C(=O)c2ccccc2S1(=O)=O. The molecule has 1 aliphatic rings. The highest BCUT2D eigenvalue weighted by atomic mass is 32.2. The third-order valence-corrected chi connectivity index (χ3v) is 7.41. The van der Waals surface area contributed by atoms with Crippen molar-refractivity contribution in [3.8, 4) is 5.75 Å². The van der Waals surface area contributed by atoms with Crippen molar-refractivity contribution in [2.24, 2.45) is 0 Å². The molecule has 3 rings (SSSR count). The Bertz CT molecular complexity index is 1160. The molecule has 2 aromatic carbocycles. The number of carbonyl (C=O) groups is 3. The Morgan fingerprint density at radius 1 is 1.15 bits per heavy atom. The van der Waals surface area contributed by atoms with Crippen LogP contribution in [-0.2, 0) is 26.2 Å². The highest BCUT2D eigenvalue weighted by Crippen LogP contribution is 2.30.